The maximum absolute atomic E-state index is 12.9. The Balaban J connectivity index is 4.28. The average Bonchev–Trinajstić information content (AvgIpc) is 3.30. The van der Waals surface area contributed by atoms with E-state index in [1.165, 1.54) is 238 Å². The molecule has 0 aromatic carbocycles. The molecule has 0 amide bonds. The fourth-order valence-corrected chi connectivity index (χ4v) is 9.28. The maximum atomic E-state index is 12.9. The number of rotatable bonds is 55. The van der Waals surface area contributed by atoms with E-state index in [4.69, 9.17) is 14.2 Å². The number of carbonyl (C=O) groups excluding carboxylic acids is 3. The highest BCUT2D eigenvalue weighted by Gasteiger charge is 2.19. The zero-order valence-electron chi connectivity index (χ0n) is 45.2. The molecule has 0 saturated carbocycles. The molecule has 1 atom stereocenters. The van der Waals surface area contributed by atoms with E-state index < -0.39 is 6.10 Å². The van der Waals surface area contributed by atoms with Gasteiger partial charge in [-0.05, 0) is 25.2 Å². The largest absolute Gasteiger partial charge is 0.462 e. The molecule has 0 aliphatic carbocycles. The van der Waals surface area contributed by atoms with Gasteiger partial charge in [0, 0.05) is 19.3 Å². The van der Waals surface area contributed by atoms with Crippen LogP contribution >= 0.6 is 0 Å². The summed E-state index contributed by atoms with van der Waals surface area (Å²) in [5, 5.41) is 0. The van der Waals surface area contributed by atoms with Crippen molar-refractivity contribution in [2.45, 2.75) is 348 Å². The summed E-state index contributed by atoms with van der Waals surface area (Å²) < 4.78 is 16.9. The van der Waals surface area contributed by atoms with Crippen LogP contribution in [0.25, 0.3) is 0 Å². The van der Waals surface area contributed by atoms with Crippen LogP contribution in [0.5, 0.6) is 0 Å². The number of carbonyl (C=O) groups is 3. The van der Waals surface area contributed by atoms with Crippen molar-refractivity contribution < 1.29 is 28.6 Å². The summed E-state index contributed by atoms with van der Waals surface area (Å²) in [7, 11) is 0. The summed E-state index contributed by atoms with van der Waals surface area (Å²) in [4.78, 5) is 38.2. The summed E-state index contributed by atoms with van der Waals surface area (Å²) >= 11 is 0. The maximum Gasteiger partial charge on any atom is 0.306 e. The van der Waals surface area contributed by atoms with Gasteiger partial charge < -0.3 is 14.2 Å². The van der Waals surface area contributed by atoms with Crippen molar-refractivity contribution in [2.75, 3.05) is 13.2 Å². The van der Waals surface area contributed by atoms with Gasteiger partial charge in [-0.25, -0.2) is 0 Å². The normalized spacial score (nSPS) is 12.0. The molecule has 0 radical (unpaired) electrons. The van der Waals surface area contributed by atoms with E-state index in [1.54, 1.807) is 0 Å². The third-order valence-electron chi connectivity index (χ3n) is 13.8. The van der Waals surface area contributed by atoms with Gasteiger partial charge in [0.25, 0.3) is 0 Å². The van der Waals surface area contributed by atoms with E-state index in [2.05, 4.69) is 27.7 Å². The van der Waals surface area contributed by atoms with Crippen molar-refractivity contribution in [1.29, 1.82) is 0 Å². The molecule has 0 heterocycles. The Morgan fingerprint density at radius 1 is 0.288 bits per heavy atom. The number of hydrogen-bond acceptors (Lipinski definition) is 6. The SMILES string of the molecule is CCCCCCCCCCCCCCCCCCCCC(=O)OC[C@H](COC(=O)CCCCCCCCCCCCCC(C)C)OC(=O)CCCCCCCCCCCCCCCCCC. The zero-order valence-corrected chi connectivity index (χ0v) is 45.2. The molecule has 0 aromatic rings. The third kappa shape index (κ3) is 53.4. The molecule has 0 aromatic heterocycles. The van der Waals surface area contributed by atoms with Gasteiger partial charge in [0.05, 0.1) is 0 Å². The van der Waals surface area contributed by atoms with Gasteiger partial charge in [0.1, 0.15) is 13.2 Å². The predicted octanol–water partition coefficient (Wildman–Crippen LogP) is 19.8. The fraction of sp³-hybridized carbons (Fsp3) is 0.950. The Bertz CT molecular complexity index is 996. The second kappa shape index (κ2) is 54.4. The summed E-state index contributed by atoms with van der Waals surface area (Å²) in [6, 6.07) is 0. The molecule has 0 N–H and O–H groups in total. The Hall–Kier alpha value is -1.59. The first-order valence-electron chi connectivity index (χ1n) is 29.9. The molecule has 0 aliphatic rings. The molecule has 0 unspecified atom stereocenters. The molecule has 6 heteroatoms. The van der Waals surface area contributed by atoms with E-state index in [-0.39, 0.29) is 31.1 Å². The smallest absolute Gasteiger partial charge is 0.306 e. The minimum absolute atomic E-state index is 0.0617. The fourth-order valence-electron chi connectivity index (χ4n) is 9.28. The van der Waals surface area contributed by atoms with E-state index in [0.717, 1.165) is 63.7 Å². The van der Waals surface area contributed by atoms with Crippen LogP contribution in [0.1, 0.15) is 342 Å². The van der Waals surface area contributed by atoms with Crippen LogP contribution in [0, 0.1) is 5.92 Å². The van der Waals surface area contributed by atoms with Gasteiger partial charge in [0.15, 0.2) is 6.10 Å². The van der Waals surface area contributed by atoms with Crippen molar-refractivity contribution in [1.82, 2.24) is 0 Å². The minimum atomic E-state index is -0.762. The number of esters is 3. The van der Waals surface area contributed by atoms with Crippen molar-refractivity contribution in [3.63, 3.8) is 0 Å². The molecule has 0 aliphatic heterocycles. The van der Waals surface area contributed by atoms with E-state index in [9.17, 15) is 14.4 Å². The van der Waals surface area contributed by atoms with Gasteiger partial charge in [-0.15, -0.1) is 0 Å². The molecule has 0 bridgehead atoms. The highest BCUT2D eigenvalue weighted by molar-refractivity contribution is 5.71. The topological polar surface area (TPSA) is 78.9 Å². The van der Waals surface area contributed by atoms with Gasteiger partial charge in [-0.3, -0.25) is 14.4 Å². The molecule has 0 rings (SSSR count). The van der Waals surface area contributed by atoms with Gasteiger partial charge in [0.2, 0.25) is 0 Å². The second-order valence-corrected chi connectivity index (χ2v) is 21.1. The number of unbranched alkanes of at least 4 members (excludes halogenated alkanes) is 42. The zero-order chi connectivity index (χ0) is 48.1. The van der Waals surface area contributed by atoms with Crippen LogP contribution in [-0.4, -0.2) is 37.2 Å². The van der Waals surface area contributed by atoms with Crippen molar-refractivity contribution >= 4 is 17.9 Å². The molecule has 0 fully saturated rings. The van der Waals surface area contributed by atoms with Crippen LogP contribution in [0.4, 0.5) is 0 Å². The lowest BCUT2D eigenvalue weighted by molar-refractivity contribution is -0.167. The Morgan fingerprint density at radius 2 is 0.500 bits per heavy atom. The number of ether oxygens (including phenoxy) is 3. The minimum Gasteiger partial charge on any atom is -0.462 e. The van der Waals surface area contributed by atoms with Crippen molar-refractivity contribution in [2.24, 2.45) is 5.92 Å². The lowest BCUT2D eigenvalue weighted by Crippen LogP contribution is -2.30. The lowest BCUT2D eigenvalue weighted by atomic mass is 10.0. The molecule has 392 valence electrons. The second-order valence-electron chi connectivity index (χ2n) is 21.1. The highest BCUT2D eigenvalue weighted by atomic mass is 16.6. The number of hydrogen-bond donors (Lipinski definition) is 0. The van der Waals surface area contributed by atoms with Gasteiger partial charge in [-0.1, -0.05) is 304 Å². The summed E-state index contributed by atoms with van der Waals surface area (Å²) in [6.45, 7) is 9.06. The van der Waals surface area contributed by atoms with E-state index >= 15 is 0 Å². The Labute approximate surface area is 412 Å². The lowest BCUT2D eigenvalue weighted by Gasteiger charge is -2.18. The average molecular weight is 934 g/mol. The standard InChI is InChI=1S/C60H116O6/c1-5-7-9-11-13-15-17-19-21-23-24-26-27-31-35-39-43-47-51-58(61)64-54-57(55-65-59(62)52-48-44-40-36-33-29-30-34-38-42-46-50-56(3)4)66-60(63)53-49-45-41-37-32-28-25-22-20-18-16-14-12-10-8-6-2/h56-57H,5-55H2,1-4H3/t57-/m1/s1. The van der Waals surface area contributed by atoms with Crippen LogP contribution in [-0.2, 0) is 28.6 Å². The quantitative estimate of drug-likeness (QED) is 0.0343. The van der Waals surface area contributed by atoms with Crippen LogP contribution in [0.15, 0.2) is 0 Å². The first-order chi connectivity index (χ1) is 32.4. The van der Waals surface area contributed by atoms with Gasteiger partial charge >= 0.3 is 17.9 Å². The molecular weight excluding hydrogens is 817 g/mol. The molecular formula is C60H116O6. The van der Waals surface area contributed by atoms with Crippen LogP contribution in [0.3, 0.4) is 0 Å². The molecule has 66 heavy (non-hydrogen) atoms. The monoisotopic (exact) mass is 933 g/mol. The van der Waals surface area contributed by atoms with Crippen LogP contribution in [0.2, 0.25) is 0 Å². The first-order valence-corrected chi connectivity index (χ1v) is 29.9. The third-order valence-corrected chi connectivity index (χ3v) is 13.8. The van der Waals surface area contributed by atoms with Gasteiger partial charge in [-0.2, -0.15) is 0 Å². The summed E-state index contributed by atoms with van der Waals surface area (Å²) in [6.07, 6.45) is 59.5. The highest BCUT2D eigenvalue weighted by Crippen LogP contribution is 2.18. The predicted molar refractivity (Wildman–Crippen MR) is 284 cm³/mol. The van der Waals surface area contributed by atoms with Crippen molar-refractivity contribution in [3.8, 4) is 0 Å². The Morgan fingerprint density at radius 3 is 0.742 bits per heavy atom. The Kier molecular flexibility index (Phi) is 53.0. The van der Waals surface area contributed by atoms with Crippen molar-refractivity contribution in [3.05, 3.63) is 0 Å². The van der Waals surface area contributed by atoms with E-state index in [0.29, 0.717) is 19.3 Å². The molecule has 0 saturated heterocycles. The summed E-state index contributed by atoms with van der Waals surface area (Å²) in [5.74, 6) is -0.00648. The van der Waals surface area contributed by atoms with E-state index in [1.807, 2.05) is 0 Å². The summed E-state index contributed by atoms with van der Waals surface area (Å²) in [5.41, 5.74) is 0. The van der Waals surface area contributed by atoms with Crippen LogP contribution < -0.4 is 0 Å². The molecule has 0 spiro atoms. The molecule has 6 nitrogen and oxygen atoms in total. The first kappa shape index (κ1) is 64.4.